The van der Waals surface area contributed by atoms with E-state index < -0.39 is 17.1 Å². The maximum atomic E-state index is 11.7. The number of Topliss-reactive ketones (excluding diaryl/α,β-unsaturated/α-hetero) is 2. The summed E-state index contributed by atoms with van der Waals surface area (Å²) >= 11 is 0. The first-order chi connectivity index (χ1) is 9.24. The van der Waals surface area contributed by atoms with Crippen molar-refractivity contribution in [1.29, 1.82) is 0 Å². The number of amides is 1. The lowest BCUT2D eigenvalue weighted by Crippen LogP contribution is -2.29. The highest BCUT2D eigenvalue weighted by Crippen LogP contribution is 2.18. The summed E-state index contributed by atoms with van der Waals surface area (Å²) in [7, 11) is 1.54. The molecule has 0 spiro atoms. The largest absolute Gasteiger partial charge is 0.497 e. The van der Waals surface area contributed by atoms with Crippen molar-refractivity contribution in [2.75, 3.05) is 12.4 Å². The van der Waals surface area contributed by atoms with Gasteiger partial charge in [-0.1, -0.05) is 20.8 Å². The molecule has 0 heterocycles. The van der Waals surface area contributed by atoms with E-state index in [4.69, 9.17) is 4.74 Å². The van der Waals surface area contributed by atoms with Gasteiger partial charge < -0.3 is 10.1 Å². The van der Waals surface area contributed by atoms with E-state index in [9.17, 15) is 14.4 Å². The predicted molar refractivity (Wildman–Crippen MR) is 75.7 cm³/mol. The van der Waals surface area contributed by atoms with Crippen LogP contribution in [0.2, 0.25) is 0 Å². The number of carbonyl (C=O) groups excluding carboxylic acids is 3. The molecule has 5 heteroatoms. The Hall–Kier alpha value is -2.17. The molecule has 0 aliphatic heterocycles. The summed E-state index contributed by atoms with van der Waals surface area (Å²) in [6, 6.07) is 6.58. The molecule has 108 valence electrons. The van der Waals surface area contributed by atoms with Gasteiger partial charge in [-0.3, -0.25) is 14.4 Å². The fourth-order valence-corrected chi connectivity index (χ4v) is 1.37. The second-order valence-electron chi connectivity index (χ2n) is 5.46. The van der Waals surface area contributed by atoms with Crippen molar-refractivity contribution in [2.45, 2.75) is 27.2 Å². The van der Waals surface area contributed by atoms with Gasteiger partial charge in [-0.25, -0.2) is 0 Å². The lowest BCUT2D eigenvalue weighted by molar-refractivity contribution is -0.139. The number of anilines is 1. The number of hydrogen-bond acceptors (Lipinski definition) is 4. The Morgan fingerprint density at radius 1 is 1.10 bits per heavy atom. The van der Waals surface area contributed by atoms with Gasteiger partial charge in [-0.05, 0) is 24.3 Å². The van der Waals surface area contributed by atoms with Crippen LogP contribution in [0.4, 0.5) is 5.69 Å². The van der Waals surface area contributed by atoms with Gasteiger partial charge >= 0.3 is 0 Å². The highest BCUT2D eigenvalue weighted by atomic mass is 16.5. The summed E-state index contributed by atoms with van der Waals surface area (Å²) in [5.41, 5.74) is -0.150. The Labute approximate surface area is 118 Å². The van der Waals surface area contributed by atoms with E-state index in [0.29, 0.717) is 11.4 Å². The molecule has 1 aromatic carbocycles. The monoisotopic (exact) mass is 277 g/mol. The molecule has 1 aromatic rings. The molecule has 1 N–H and O–H groups in total. The Bertz CT molecular complexity index is 512. The third-order valence-corrected chi connectivity index (χ3v) is 2.76. The number of ketones is 2. The molecule has 0 bridgehead atoms. The molecular formula is C15H19NO4. The number of rotatable bonds is 5. The maximum absolute atomic E-state index is 11.7. The third kappa shape index (κ3) is 4.50. The van der Waals surface area contributed by atoms with Gasteiger partial charge in [0.15, 0.2) is 0 Å². The molecule has 0 saturated heterocycles. The Kier molecular flexibility index (Phi) is 5.02. The summed E-state index contributed by atoms with van der Waals surface area (Å²) < 4.78 is 4.99. The standard InChI is InChI=1S/C15H19NO4/c1-15(2,3)13(18)9-12(17)14(19)16-10-5-7-11(20-4)8-6-10/h5-8H,9H2,1-4H3,(H,16,19). The zero-order valence-corrected chi connectivity index (χ0v) is 12.1. The smallest absolute Gasteiger partial charge is 0.292 e. The van der Waals surface area contributed by atoms with Crippen molar-refractivity contribution in [3.63, 3.8) is 0 Å². The van der Waals surface area contributed by atoms with Crippen molar-refractivity contribution < 1.29 is 19.1 Å². The van der Waals surface area contributed by atoms with Gasteiger partial charge in [-0.15, -0.1) is 0 Å². The second kappa shape index (κ2) is 6.32. The van der Waals surface area contributed by atoms with Crippen LogP contribution in [0.5, 0.6) is 5.75 Å². The molecule has 5 nitrogen and oxygen atoms in total. The highest BCUT2D eigenvalue weighted by Gasteiger charge is 2.26. The lowest BCUT2D eigenvalue weighted by atomic mass is 9.88. The van der Waals surface area contributed by atoms with E-state index in [1.165, 1.54) is 7.11 Å². The summed E-state index contributed by atoms with van der Waals surface area (Å²) in [6.45, 7) is 5.14. The zero-order valence-electron chi connectivity index (χ0n) is 12.1. The molecule has 0 fully saturated rings. The van der Waals surface area contributed by atoms with Gasteiger partial charge in [-0.2, -0.15) is 0 Å². The topological polar surface area (TPSA) is 72.5 Å². The first kappa shape index (κ1) is 15.9. The van der Waals surface area contributed by atoms with Crippen molar-refractivity contribution in [1.82, 2.24) is 0 Å². The average Bonchev–Trinajstić information content (AvgIpc) is 2.38. The van der Waals surface area contributed by atoms with E-state index in [-0.39, 0.29) is 12.2 Å². The molecular weight excluding hydrogens is 258 g/mol. The van der Waals surface area contributed by atoms with Crippen molar-refractivity contribution in [2.24, 2.45) is 5.41 Å². The van der Waals surface area contributed by atoms with Gasteiger partial charge in [0.05, 0.1) is 13.5 Å². The Morgan fingerprint density at radius 2 is 1.65 bits per heavy atom. The normalized spacial score (nSPS) is 10.8. The quantitative estimate of drug-likeness (QED) is 0.661. The molecule has 20 heavy (non-hydrogen) atoms. The molecule has 0 aliphatic rings. The summed E-state index contributed by atoms with van der Waals surface area (Å²) in [5, 5.41) is 2.45. The number of methoxy groups -OCH3 is 1. The van der Waals surface area contributed by atoms with E-state index in [1.807, 2.05) is 0 Å². The van der Waals surface area contributed by atoms with Crippen molar-refractivity contribution in [3.8, 4) is 5.75 Å². The highest BCUT2D eigenvalue weighted by molar-refractivity contribution is 6.43. The van der Waals surface area contributed by atoms with Crippen molar-refractivity contribution in [3.05, 3.63) is 24.3 Å². The molecule has 1 rings (SSSR count). The van der Waals surface area contributed by atoms with Crippen LogP contribution in [0.3, 0.4) is 0 Å². The number of nitrogens with one attached hydrogen (secondary N) is 1. The molecule has 0 saturated carbocycles. The van der Waals surface area contributed by atoms with Crippen LogP contribution in [0.25, 0.3) is 0 Å². The van der Waals surface area contributed by atoms with Crippen LogP contribution in [-0.2, 0) is 14.4 Å². The zero-order chi connectivity index (χ0) is 15.3. The predicted octanol–water partition coefficient (Wildman–Crippen LogP) is 2.21. The average molecular weight is 277 g/mol. The van der Waals surface area contributed by atoms with Crippen LogP contribution >= 0.6 is 0 Å². The maximum Gasteiger partial charge on any atom is 0.292 e. The minimum Gasteiger partial charge on any atom is -0.497 e. The number of hydrogen-bond donors (Lipinski definition) is 1. The van der Waals surface area contributed by atoms with E-state index in [1.54, 1.807) is 45.0 Å². The summed E-state index contributed by atoms with van der Waals surface area (Å²) in [4.78, 5) is 35.1. The Morgan fingerprint density at radius 3 is 2.10 bits per heavy atom. The Balaban J connectivity index is 2.61. The minimum atomic E-state index is -0.784. The number of benzene rings is 1. The fraction of sp³-hybridized carbons (Fsp3) is 0.400. The molecule has 0 unspecified atom stereocenters. The van der Waals surface area contributed by atoms with E-state index in [0.717, 1.165) is 0 Å². The molecule has 1 amide bonds. The minimum absolute atomic E-state index is 0.257. The SMILES string of the molecule is COc1ccc(NC(=O)C(=O)CC(=O)C(C)(C)C)cc1. The number of ether oxygens (including phenoxy) is 1. The van der Waals surface area contributed by atoms with Gasteiger partial charge in [0.2, 0.25) is 5.78 Å². The molecule has 0 aliphatic carbocycles. The third-order valence-electron chi connectivity index (χ3n) is 2.76. The van der Waals surface area contributed by atoms with E-state index in [2.05, 4.69) is 5.32 Å². The van der Waals surface area contributed by atoms with Crippen LogP contribution < -0.4 is 10.1 Å². The van der Waals surface area contributed by atoms with Crippen LogP contribution in [0, 0.1) is 5.41 Å². The molecule has 0 radical (unpaired) electrons. The first-order valence-corrected chi connectivity index (χ1v) is 6.25. The molecule has 0 aromatic heterocycles. The van der Waals surface area contributed by atoms with Crippen LogP contribution in [-0.4, -0.2) is 24.6 Å². The van der Waals surface area contributed by atoms with Crippen LogP contribution in [0.1, 0.15) is 27.2 Å². The summed E-state index contributed by atoms with van der Waals surface area (Å²) in [5.74, 6) is -1.13. The van der Waals surface area contributed by atoms with Crippen LogP contribution in [0.15, 0.2) is 24.3 Å². The van der Waals surface area contributed by atoms with Gasteiger partial charge in [0.25, 0.3) is 5.91 Å². The number of carbonyl (C=O) groups is 3. The van der Waals surface area contributed by atoms with E-state index >= 15 is 0 Å². The lowest BCUT2D eigenvalue weighted by Gasteiger charge is -2.15. The van der Waals surface area contributed by atoms with Gasteiger partial charge in [0, 0.05) is 11.1 Å². The summed E-state index contributed by atoms with van der Waals surface area (Å²) in [6.07, 6.45) is -0.383. The first-order valence-electron chi connectivity index (χ1n) is 6.25. The van der Waals surface area contributed by atoms with Crippen molar-refractivity contribution >= 4 is 23.2 Å². The fourth-order valence-electron chi connectivity index (χ4n) is 1.37. The second-order valence-corrected chi connectivity index (χ2v) is 5.46. The molecule has 0 atom stereocenters. The van der Waals surface area contributed by atoms with Gasteiger partial charge in [0.1, 0.15) is 11.5 Å².